The molecule has 1 aromatic rings. The molecule has 0 atom stereocenters. The summed E-state index contributed by atoms with van der Waals surface area (Å²) in [5.41, 5.74) is 0.709. The van der Waals surface area contributed by atoms with E-state index in [1.54, 1.807) is 19.1 Å². The molecule has 0 aromatic heterocycles. The third-order valence-electron chi connectivity index (χ3n) is 1.38. The van der Waals surface area contributed by atoms with Crippen LogP contribution in [0.3, 0.4) is 0 Å². The number of rotatable bonds is 2. The SMILES string of the molecule is CC(=O)c1cccc(SN)c1. The maximum atomic E-state index is 10.9. The molecular weight excluding hydrogens is 158 g/mol. The summed E-state index contributed by atoms with van der Waals surface area (Å²) in [6.45, 7) is 1.54. The van der Waals surface area contributed by atoms with Crippen molar-refractivity contribution in [2.24, 2.45) is 5.14 Å². The van der Waals surface area contributed by atoms with Crippen LogP contribution in [-0.4, -0.2) is 5.78 Å². The fourth-order valence-electron chi connectivity index (χ4n) is 0.788. The minimum Gasteiger partial charge on any atom is -0.295 e. The average Bonchev–Trinajstić information content (AvgIpc) is 2.05. The summed E-state index contributed by atoms with van der Waals surface area (Å²) in [4.78, 5) is 11.8. The van der Waals surface area contributed by atoms with Gasteiger partial charge in [-0.1, -0.05) is 12.1 Å². The molecule has 0 aliphatic carbocycles. The van der Waals surface area contributed by atoms with Gasteiger partial charge in [0.1, 0.15) is 0 Å². The van der Waals surface area contributed by atoms with Crippen molar-refractivity contribution in [1.29, 1.82) is 0 Å². The van der Waals surface area contributed by atoms with Crippen molar-refractivity contribution in [2.45, 2.75) is 11.8 Å². The van der Waals surface area contributed by atoms with Gasteiger partial charge in [-0.15, -0.1) is 0 Å². The molecule has 0 bridgehead atoms. The maximum absolute atomic E-state index is 10.9. The van der Waals surface area contributed by atoms with Crippen LogP contribution in [0.1, 0.15) is 17.3 Å². The fraction of sp³-hybridized carbons (Fsp3) is 0.125. The number of nitrogens with two attached hydrogens (primary N) is 1. The van der Waals surface area contributed by atoms with Crippen LogP contribution in [0, 0.1) is 0 Å². The third-order valence-corrected chi connectivity index (χ3v) is 1.90. The van der Waals surface area contributed by atoms with Crippen molar-refractivity contribution in [3.63, 3.8) is 0 Å². The largest absolute Gasteiger partial charge is 0.295 e. The number of hydrogen-bond acceptors (Lipinski definition) is 3. The molecule has 2 nitrogen and oxygen atoms in total. The van der Waals surface area contributed by atoms with Gasteiger partial charge in [0.2, 0.25) is 0 Å². The number of ketones is 1. The smallest absolute Gasteiger partial charge is 0.159 e. The third kappa shape index (κ3) is 2.06. The van der Waals surface area contributed by atoms with Crippen molar-refractivity contribution in [3.8, 4) is 0 Å². The van der Waals surface area contributed by atoms with Gasteiger partial charge in [-0.05, 0) is 31.0 Å². The molecule has 0 heterocycles. The van der Waals surface area contributed by atoms with Gasteiger partial charge in [0.15, 0.2) is 5.78 Å². The number of carbonyl (C=O) groups is 1. The Morgan fingerprint density at radius 2 is 2.27 bits per heavy atom. The summed E-state index contributed by atoms with van der Waals surface area (Å²) in [5.74, 6) is 0.0703. The Bertz CT molecular complexity index is 273. The highest BCUT2D eigenvalue weighted by Gasteiger charge is 1.98. The van der Waals surface area contributed by atoms with Crippen LogP contribution < -0.4 is 5.14 Å². The van der Waals surface area contributed by atoms with Crippen molar-refractivity contribution >= 4 is 17.7 Å². The molecule has 3 heteroatoms. The molecule has 0 saturated carbocycles. The summed E-state index contributed by atoms with van der Waals surface area (Å²) in [6.07, 6.45) is 0. The number of Topliss-reactive ketones (excluding diaryl/α,β-unsaturated/α-hetero) is 1. The zero-order valence-electron chi connectivity index (χ0n) is 6.20. The Kier molecular flexibility index (Phi) is 2.68. The second-order valence-electron chi connectivity index (χ2n) is 2.20. The van der Waals surface area contributed by atoms with E-state index in [0.717, 1.165) is 16.8 Å². The van der Waals surface area contributed by atoms with Gasteiger partial charge in [0.25, 0.3) is 0 Å². The van der Waals surface area contributed by atoms with Gasteiger partial charge >= 0.3 is 0 Å². The Labute approximate surface area is 69.9 Å². The van der Waals surface area contributed by atoms with E-state index in [1.165, 1.54) is 0 Å². The standard InChI is InChI=1S/C8H9NOS/c1-6(10)7-3-2-4-8(5-7)11-9/h2-5H,9H2,1H3. The highest BCUT2D eigenvalue weighted by atomic mass is 32.2. The molecule has 0 fully saturated rings. The van der Waals surface area contributed by atoms with E-state index in [1.807, 2.05) is 12.1 Å². The van der Waals surface area contributed by atoms with E-state index in [-0.39, 0.29) is 5.78 Å². The van der Waals surface area contributed by atoms with Crippen molar-refractivity contribution in [3.05, 3.63) is 29.8 Å². The summed E-state index contributed by atoms with van der Waals surface area (Å²) >= 11 is 1.15. The fourth-order valence-corrected chi connectivity index (χ4v) is 1.14. The van der Waals surface area contributed by atoms with Crippen molar-refractivity contribution in [2.75, 3.05) is 0 Å². The van der Waals surface area contributed by atoms with E-state index >= 15 is 0 Å². The van der Waals surface area contributed by atoms with Gasteiger partial charge in [0.05, 0.1) is 0 Å². The lowest BCUT2D eigenvalue weighted by molar-refractivity contribution is 0.101. The summed E-state index contributed by atoms with van der Waals surface area (Å²) < 4.78 is 0. The van der Waals surface area contributed by atoms with Gasteiger partial charge in [0, 0.05) is 10.5 Å². The Morgan fingerprint density at radius 3 is 2.82 bits per heavy atom. The predicted molar refractivity (Wildman–Crippen MR) is 46.5 cm³/mol. The monoisotopic (exact) mass is 167 g/mol. The molecule has 2 N–H and O–H groups in total. The van der Waals surface area contributed by atoms with E-state index in [0.29, 0.717) is 5.56 Å². The topological polar surface area (TPSA) is 43.1 Å². The van der Waals surface area contributed by atoms with E-state index in [2.05, 4.69) is 0 Å². The molecule has 11 heavy (non-hydrogen) atoms. The quantitative estimate of drug-likeness (QED) is 0.540. The Hall–Kier alpha value is -0.800. The number of benzene rings is 1. The van der Waals surface area contributed by atoms with E-state index in [4.69, 9.17) is 5.14 Å². The lowest BCUT2D eigenvalue weighted by Crippen LogP contribution is -1.91. The first-order chi connectivity index (χ1) is 5.24. The molecule has 0 aliphatic rings. The molecule has 58 valence electrons. The highest BCUT2D eigenvalue weighted by molar-refractivity contribution is 7.97. The zero-order chi connectivity index (χ0) is 8.27. The first-order valence-corrected chi connectivity index (χ1v) is 4.09. The lowest BCUT2D eigenvalue weighted by Gasteiger charge is -1.97. The van der Waals surface area contributed by atoms with E-state index < -0.39 is 0 Å². The molecular formula is C8H9NOS. The molecule has 1 rings (SSSR count). The molecule has 0 unspecified atom stereocenters. The van der Waals surface area contributed by atoms with Crippen LogP contribution in [0.15, 0.2) is 29.2 Å². The van der Waals surface area contributed by atoms with Crippen LogP contribution in [0.4, 0.5) is 0 Å². The van der Waals surface area contributed by atoms with Crippen LogP contribution in [0.2, 0.25) is 0 Å². The predicted octanol–water partition coefficient (Wildman–Crippen LogP) is 1.86. The average molecular weight is 167 g/mol. The molecule has 0 aliphatic heterocycles. The van der Waals surface area contributed by atoms with Crippen LogP contribution in [0.25, 0.3) is 0 Å². The zero-order valence-corrected chi connectivity index (χ0v) is 7.02. The maximum Gasteiger partial charge on any atom is 0.159 e. The van der Waals surface area contributed by atoms with Gasteiger partial charge in [-0.25, -0.2) is 0 Å². The van der Waals surface area contributed by atoms with Crippen molar-refractivity contribution < 1.29 is 4.79 Å². The first-order valence-electron chi connectivity index (χ1n) is 3.22. The van der Waals surface area contributed by atoms with Crippen LogP contribution in [-0.2, 0) is 0 Å². The normalized spacial score (nSPS) is 9.64. The van der Waals surface area contributed by atoms with Gasteiger partial charge in [-0.2, -0.15) is 0 Å². The van der Waals surface area contributed by atoms with Gasteiger partial charge in [-0.3, -0.25) is 9.93 Å². The van der Waals surface area contributed by atoms with Crippen LogP contribution in [0.5, 0.6) is 0 Å². The minimum atomic E-state index is 0.0703. The van der Waals surface area contributed by atoms with Crippen molar-refractivity contribution in [1.82, 2.24) is 0 Å². The summed E-state index contributed by atoms with van der Waals surface area (Å²) in [6, 6.07) is 7.26. The molecule has 1 aromatic carbocycles. The summed E-state index contributed by atoms with van der Waals surface area (Å²) in [5, 5.41) is 5.32. The second-order valence-corrected chi connectivity index (χ2v) is 2.91. The Morgan fingerprint density at radius 1 is 1.55 bits per heavy atom. The number of hydrogen-bond donors (Lipinski definition) is 1. The first kappa shape index (κ1) is 8.30. The second kappa shape index (κ2) is 3.55. The molecule has 0 amide bonds. The lowest BCUT2D eigenvalue weighted by atomic mass is 10.2. The van der Waals surface area contributed by atoms with Gasteiger partial charge < -0.3 is 0 Å². The summed E-state index contributed by atoms with van der Waals surface area (Å²) in [7, 11) is 0. The van der Waals surface area contributed by atoms with Crippen LogP contribution >= 0.6 is 11.9 Å². The Balaban J connectivity index is 3.01. The van der Waals surface area contributed by atoms with E-state index in [9.17, 15) is 4.79 Å². The molecule has 0 radical (unpaired) electrons. The molecule has 0 saturated heterocycles. The molecule has 0 spiro atoms. The highest BCUT2D eigenvalue weighted by Crippen LogP contribution is 2.13. The number of carbonyl (C=O) groups excluding carboxylic acids is 1. The minimum absolute atomic E-state index is 0.0703.